The lowest BCUT2D eigenvalue weighted by atomic mass is 9.70. The van der Waals surface area contributed by atoms with Gasteiger partial charge in [0.05, 0.1) is 29.2 Å². The normalized spacial score (nSPS) is 35.4. The predicted molar refractivity (Wildman–Crippen MR) is 121 cm³/mol. The third kappa shape index (κ3) is 3.79. The number of aliphatic hydroxyl groups excluding tert-OH is 1. The van der Waals surface area contributed by atoms with Crippen LogP contribution in [0.5, 0.6) is 0 Å². The number of nitrogens with one attached hydrogen (secondary N) is 2. The van der Waals surface area contributed by atoms with Crippen molar-refractivity contribution >= 4 is 45.4 Å². The zero-order valence-corrected chi connectivity index (χ0v) is 20.4. The maximum absolute atomic E-state index is 13.7. The summed E-state index contributed by atoms with van der Waals surface area (Å²) in [5.41, 5.74) is 0. The van der Waals surface area contributed by atoms with Gasteiger partial charge in [0.1, 0.15) is 6.04 Å². The average molecular weight is 504 g/mol. The molecule has 3 amide bonds. The highest BCUT2D eigenvalue weighted by atomic mass is 79.9. The van der Waals surface area contributed by atoms with E-state index >= 15 is 0 Å². The Labute approximate surface area is 191 Å². The monoisotopic (exact) mass is 503 g/mol. The number of likely N-dealkylation sites (tertiary alicyclic amines) is 1. The molecule has 1 spiro atoms. The van der Waals surface area contributed by atoms with E-state index in [0.29, 0.717) is 25.9 Å². The second kappa shape index (κ2) is 9.77. The molecule has 0 aromatic heterocycles. The minimum Gasteiger partial charge on any atom is -0.394 e. The zero-order valence-electron chi connectivity index (χ0n) is 18.0. The van der Waals surface area contributed by atoms with Gasteiger partial charge in [0.25, 0.3) is 0 Å². The van der Waals surface area contributed by atoms with Crippen LogP contribution < -0.4 is 10.6 Å². The van der Waals surface area contributed by atoms with Crippen molar-refractivity contribution in [2.75, 3.05) is 19.7 Å². The van der Waals surface area contributed by atoms with Gasteiger partial charge < -0.3 is 20.6 Å². The third-order valence-electron chi connectivity index (χ3n) is 6.73. The average Bonchev–Trinajstić information content (AvgIpc) is 3.31. The van der Waals surface area contributed by atoms with Gasteiger partial charge in [0.15, 0.2) is 0 Å². The van der Waals surface area contributed by atoms with E-state index in [4.69, 9.17) is 0 Å². The van der Waals surface area contributed by atoms with Gasteiger partial charge >= 0.3 is 0 Å². The summed E-state index contributed by atoms with van der Waals surface area (Å²) in [6, 6.07) is -1.09. The lowest BCUT2D eigenvalue weighted by Crippen LogP contribution is -2.57. The number of halogens is 1. The highest BCUT2D eigenvalue weighted by molar-refractivity contribution is 9.09. The van der Waals surface area contributed by atoms with Crippen LogP contribution in [-0.2, 0) is 14.4 Å². The van der Waals surface area contributed by atoms with Crippen molar-refractivity contribution in [2.45, 2.75) is 79.8 Å². The number of aliphatic hydroxyl groups is 1. The van der Waals surface area contributed by atoms with Gasteiger partial charge in [0.2, 0.25) is 17.7 Å². The first kappa shape index (κ1) is 23.9. The minimum atomic E-state index is -0.664. The molecule has 30 heavy (non-hydrogen) atoms. The number of carbonyl (C=O) groups is 3. The van der Waals surface area contributed by atoms with Gasteiger partial charge in [0, 0.05) is 23.2 Å². The molecule has 2 bridgehead atoms. The standard InChI is InChI=1S/C21H34BrN3O4S/c1-4-7-9-24-19(28)17-21-10-13(22)16(30-21)14(18(27)23-8-5-2)15(21)20(29)25(17)12(6-3)11-26/h12-17,26H,4-11H2,1-3H3,(H,23,27)(H,24,28)/t12-,13?,14+,15-,16+,17?,21?/m0/s1. The summed E-state index contributed by atoms with van der Waals surface area (Å²) >= 11 is 5.38. The van der Waals surface area contributed by atoms with Crippen LogP contribution in [0.25, 0.3) is 0 Å². The molecular formula is C21H34BrN3O4S. The summed E-state index contributed by atoms with van der Waals surface area (Å²) in [5.74, 6) is -1.39. The molecule has 170 valence electrons. The lowest BCUT2D eigenvalue weighted by Gasteiger charge is -2.37. The quantitative estimate of drug-likeness (QED) is 0.311. The van der Waals surface area contributed by atoms with Gasteiger partial charge in [-0.3, -0.25) is 14.4 Å². The number of carbonyl (C=O) groups excluding carboxylic acids is 3. The number of fused-ring (bicyclic) bond motifs is 1. The summed E-state index contributed by atoms with van der Waals surface area (Å²) in [6.07, 6.45) is 3.89. The summed E-state index contributed by atoms with van der Waals surface area (Å²) < 4.78 is -0.636. The summed E-state index contributed by atoms with van der Waals surface area (Å²) in [4.78, 5) is 41.8. The van der Waals surface area contributed by atoms with E-state index in [0.717, 1.165) is 19.3 Å². The number of amides is 3. The Balaban J connectivity index is 1.99. The molecule has 3 aliphatic rings. The first-order valence-electron chi connectivity index (χ1n) is 11.2. The van der Waals surface area contributed by atoms with Crippen molar-refractivity contribution in [3.05, 3.63) is 0 Å². The van der Waals surface area contributed by atoms with E-state index in [9.17, 15) is 19.5 Å². The van der Waals surface area contributed by atoms with Crippen molar-refractivity contribution in [3.8, 4) is 0 Å². The van der Waals surface area contributed by atoms with Crippen LogP contribution in [0, 0.1) is 11.8 Å². The summed E-state index contributed by atoms with van der Waals surface area (Å²) in [7, 11) is 0. The van der Waals surface area contributed by atoms with E-state index in [-0.39, 0.29) is 34.4 Å². The van der Waals surface area contributed by atoms with Crippen molar-refractivity contribution in [2.24, 2.45) is 11.8 Å². The molecule has 0 saturated carbocycles. The van der Waals surface area contributed by atoms with E-state index < -0.39 is 28.7 Å². The summed E-state index contributed by atoms with van der Waals surface area (Å²) in [6.45, 7) is 6.92. The molecule has 9 heteroatoms. The fourth-order valence-electron chi connectivity index (χ4n) is 5.32. The molecule has 3 rings (SSSR count). The summed E-state index contributed by atoms with van der Waals surface area (Å²) in [5, 5.41) is 15.9. The highest BCUT2D eigenvalue weighted by Gasteiger charge is 2.76. The number of thioether (sulfide) groups is 1. The fourth-order valence-corrected chi connectivity index (χ4v) is 8.92. The third-order valence-corrected chi connectivity index (χ3v) is 9.95. The van der Waals surface area contributed by atoms with Gasteiger partial charge in [-0.1, -0.05) is 43.1 Å². The maximum atomic E-state index is 13.7. The molecule has 0 aromatic rings. The second-order valence-corrected chi connectivity index (χ2v) is 11.3. The molecule has 3 unspecified atom stereocenters. The van der Waals surface area contributed by atoms with Crippen LogP contribution >= 0.6 is 27.7 Å². The molecule has 0 aromatic carbocycles. The van der Waals surface area contributed by atoms with Crippen molar-refractivity contribution in [1.82, 2.24) is 15.5 Å². The number of rotatable bonds is 10. The van der Waals surface area contributed by atoms with Crippen LogP contribution in [0.4, 0.5) is 0 Å². The number of unbranched alkanes of at least 4 members (excludes halogenated alkanes) is 1. The number of nitrogens with zero attached hydrogens (tertiary/aromatic N) is 1. The Morgan fingerprint density at radius 1 is 1.23 bits per heavy atom. The Hall–Kier alpha value is -0.800. The lowest BCUT2D eigenvalue weighted by molar-refractivity contribution is -0.142. The Morgan fingerprint density at radius 3 is 2.53 bits per heavy atom. The van der Waals surface area contributed by atoms with Crippen molar-refractivity contribution in [1.29, 1.82) is 0 Å². The molecule has 3 heterocycles. The van der Waals surface area contributed by atoms with Crippen LogP contribution in [0.3, 0.4) is 0 Å². The largest absolute Gasteiger partial charge is 0.394 e. The van der Waals surface area contributed by atoms with E-state index in [1.54, 1.807) is 16.7 Å². The Morgan fingerprint density at radius 2 is 1.93 bits per heavy atom. The molecule has 3 aliphatic heterocycles. The van der Waals surface area contributed by atoms with Gasteiger partial charge in [-0.25, -0.2) is 0 Å². The van der Waals surface area contributed by atoms with Crippen molar-refractivity contribution < 1.29 is 19.5 Å². The first-order valence-corrected chi connectivity index (χ1v) is 13.0. The molecule has 0 aliphatic carbocycles. The van der Waals surface area contributed by atoms with Crippen molar-refractivity contribution in [3.63, 3.8) is 0 Å². The molecule has 7 atom stereocenters. The van der Waals surface area contributed by atoms with Crippen LogP contribution in [0.1, 0.15) is 52.9 Å². The maximum Gasteiger partial charge on any atom is 0.244 e. The van der Waals surface area contributed by atoms with Gasteiger partial charge in [-0.05, 0) is 25.7 Å². The molecule has 3 N–H and O–H groups in total. The minimum absolute atomic E-state index is 0.0295. The molecular weight excluding hydrogens is 470 g/mol. The predicted octanol–water partition coefficient (Wildman–Crippen LogP) is 1.66. The smallest absolute Gasteiger partial charge is 0.244 e. The van der Waals surface area contributed by atoms with E-state index in [2.05, 4.69) is 33.5 Å². The molecule has 7 nitrogen and oxygen atoms in total. The zero-order chi connectivity index (χ0) is 22.1. The topological polar surface area (TPSA) is 98.7 Å². The van der Waals surface area contributed by atoms with E-state index in [1.165, 1.54) is 0 Å². The highest BCUT2D eigenvalue weighted by Crippen LogP contribution is 2.67. The Bertz CT molecular complexity index is 677. The van der Waals surface area contributed by atoms with Gasteiger partial charge in [-0.2, -0.15) is 0 Å². The fraction of sp³-hybridized carbons (Fsp3) is 0.857. The van der Waals surface area contributed by atoms with Crippen LogP contribution in [-0.4, -0.2) is 74.3 Å². The van der Waals surface area contributed by atoms with Crippen LogP contribution in [0.15, 0.2) is 0 Å². The number of hydrogen-bond donors (Lipinski definition) is 3. The second-order valence-electron chi connectivity index (χ2n) is 8.59. The molecule has 3 fully saturated rings. The SMILES string of the molecule is CCCCNC(=O)C1N([C@@H](CC)CO)C(=O)[C@@H]2[C@@H](C(=O)NCCC)[C@@H]3SC12CC3Br. The van der Waals surface area contributed by atoms with E-state index in [1.807, 2.05) is 13.8 Å². The Kier molecular flexibility index (Phi) is 7.77. The van der Waals surface area contributed by atoms with Gasteiger partial charge in [-0.15, -0.1) is 11.8 Å². The first-order chi connectivity index (χ1) is 14.4. The number of alkyl halides is 1. The number of hydrogen-bond acceptors (Lipinski definition) is 5. The van der Waals surface area contributed by atoms with Crippen LogP contribution in [0.2, 0.25) is 0 Å². The molecule has 0 radical (unpaired) electrons. The molecule has 3 saturated heterocycles.